The van der Waals surface area contributed by atoms with E-state index in [4.69, 9.17) is 0 Å². The van der Waals surface area contributed by atoms with Crippen LogP contribution in [-0.4, -0.2) is 9.55 Å². The van der Waals surface area contributed by atoms with E-state index in [0.717, 1.165) is 5.65 Å². The van der Waals surface area contributed by atoms with Crippen LogP contribution in [0.1, 0.15) is 46.2 Å². The molecule has 86 valence electrons. The molecule has 0 fully saturated rings. The van der Waals surface area contributed by atoms with Crippen molar-refractivity contribution >= 4 is 11.0 Å². The molecule has 2 rings (SSSR count). The van der Waals surface area contributed by atoms with Gasteiger partial charge >= 0.3 is 0 Å². The minimum atomic E-state index is 0.168. The highest BCUT2D eigenvalue weighted by Crippen LogP contribution is 2.32. The van der Waals surface area contributed by atoms with Crippen molar-refractivity contribution in [3.05, 3.63) is 30.1 Å². The first-order chi connectivity index (χ1) is 7.41. The van der Waals surface area contributed by atoms with E-state index in [1.807, 2.05) is 12.3 Å². The molecule has 0 aromatic carbocycles. The Morgan fingerprint density at radius 2 is 1.94 bits per heavy atom. The Morgan fingerprint density at radius 3 is 2.50 bits per heavy atom. The Bertz CT molecular complexity index is 501. The molecule has 0 bridgehead atoms. The fourth-order valence-electron chi connectivity index (χ4n) is 2.07. The van der Waals surface area contributed by atoms with Crippen molar-refractivity contribution < 1.29 is 0 Å². The highest BCUT2D eigenvalue weighted by Gasteiger charge is 2.21. The molecule has 2 nitrogen and oxygen atoms in total. The van der Waals surface area contributed by atoms with Gasteiger partial charge in [-0.1, -0.05) is 20.8 Å². The third kappa shape index (κ3) is 1.73. The number of hydrogen-bond donors (Lipinski definition) is 0. The quantitative estimate of drug-likeness (QED) is 0.706. The molecule has 0 atom stereocenters. The van der Waals surface area contributed by atoms with Gasteiger partial charge in [0, 0.05) is 23.8 Å². The lowest BCUT2D eigenvalue weighted by Gasteiger charge is -2.17. The zero-order valence-corrected chi connectivity index (χ0v) is 10.8. The van der Waals surface area contributed by atoms with Gasteiger partial charge in [0.15, 0.2) is 0 Å². The first-order valence-corrected chi connectivity index (χ1v) is 5.87. The first-order valence-electron chi connectivity index (χ1n) is 5.87. The van der Waals surface area contributed by atoms with Crippen LogP contribution in [0.15, 0.2) is 24.5 Å². The maximum Gasteiger partial charge on any atom is 0.140 e. The summed E-state index contributed by atoms with van der Waals surface area (Å²) in [5.41, 5.74) is 2.65. The van der Waals surface area contributed by atoms with Gasteiger partial charge in [-0.15, -0.1) is 0 Å². The normalized spacial score (nSPS) is 12.6. The number of pyridine rings is 1. The molecule has 0 saturated carbocycles. The van der Waals surface area contributed by atoms with Crippen LogP contribution in [0.2, 0.25) is 0 Å². The molecule has 0 aliphatic heterocycles. The van der Waals surface area contributed by atoms with E-state index in [1.165, 1.54) is 10.9 Å². The van der Waals surface area contributed by atoms with Crippen LogP contribution in [0.25, 0.3) is 11.0 Å². The zero-order chi connectivity index (χ0) is 11.9. The predicted molar refractivity (Wildman–Crippen MR) is 68.8 cm³/mol. The maximum atomic E-state index is 4.50. The summed E-state index contributed by atoms with van der Waals surface area (Å²) in [6, 6.07) is 4.64. The van der Waals surface area contributed by atoms with Crippen molar-refractivity contribution in [2.75, 3.05) is 0 Å². The van der Waals surface area contributed by atoms with Gasteiger partial charge in [0.1, 0.15) is 5.65 Å². The van der Waals surface area contributed by atoms with Crippen molar-refractivity contribution in [1.82, 2.24) is 9.55 Å². The summed E-state index contributed by atoms with van der Waals surface area (Å²) >= 11 is 0. The maximum absolute atomic E-state index is 4.50. The lowest BCUT2D eigenvalue weighted by Crippen LogP contribution is -2.10. The van der Waals surface area contributed by atoms with Crippen LogP contribution in [0.4, 0.5) is 0 Å². The minimum Gasteiger partial charge on any atom is -0.330 e. The number of rotatable bonds is 1. The Hall–Kier alpha value is -1.31. The van der Waals surface area contributed by atoms with Gasteiger partial charge < -0.3 is 4.57 Å². The molecule has 2 heteroatoms. The third-order valence-corrected chi connectivity index (χ3v) is 2.95. The molecule has 0 spiro atoms. The lowest BCUT2D eigenvalue weighted by molar-refractivity contribution is 0.576. The number of nitrogens with zero attached hydrogens (tertiary/aromatic N) is 2. The summed E-state index contributed by atoms with van der Waals surface area (Å²) in [6.07, 6.45) is 4.12. The van der Waals surface area contributed by atoms with E-state index in [1.54, 1.807) is 0 Å². The van der Waals surface area contributed by atoms with Gasteiger partial charge in [-0.05, 0) is 37.0 Å². The number of hydrogen-bond acceptors (Lipinski definition) is 1. The molecular formula is C14H20N2. The summed E-state index contributed by atoms with van der Waals surface area (Å²) in [7, 11) is 0. The van der Waals surface area contributed by atoms with Gasteiger partial charge in [-0.25, -0.2) is 4.98 Å². The van der Waals surface area contributed by atoms with E-state index in [-0.39, 0.29) is 5.41 Å². The molecule has 16 heavy (non-hydrogen) atoms. The van der Waals surface area contributed by atoms with Gasteiger partial charge in [0.25, 0.3) is 0 Å². The van der Waals surface area contributed by atoms with Crippen molar-refractivity contribution in [3.63, 3.8) is 0 Å². The number of fused-ring (bicyclic) bond motifs is 1. The molecule has 0 saturated heterocycles. The second kappa shape index (κ2) is 3.62. The van der Waals surface area contributed by atoms with Crippen molar-refractivity contribution in [2.24, 2.45) is 0 Å². The molecule has 0 amide bonds. The SMILES string of the molecule is CC(C)n1cc(C(C)(C)C)c2cccnc21. The number of aromatic nitrogens is 2. The summed E-state index contributed by atoms with van der Waals surface area (Å²) in [6.45, 7) is 11.1. The minimum absolute atomic E-state index is 0.168. The summed E-state index contributed by atoms with van der Waals surface area (Å²) in [5.74, 6) is 0. The Balaban J connectivity index is 2.77. The molecule has 0 aliphatic carbocycles. The summed E-state index contributed by atoms with van der Waals surface area (Å²) < 4.78 is 2.26. The van der Waals surface area contributed by atoms with Crippen LogP contribution in [-0.2, 0) is 5.41 Å². The second-order valence-electron chi connectivity index (χ2n) is 5.67. The molecular weight excluding hydrogens is 196 g/mol. The molecule has 0 aliphatic rings. The molecule has 0 radical (unpaired) electrons. The van der Waals surface area contributed by atoms with E-state index >= 15 is 0 Å². The van der Waals surface area contributed by atoms with E-state index < -0.39 is 0 Å². The third-order valence-electron chi connectivity index (χ3n) is 2.95. The smallest absolute Gasteiger partial charge is 0.140 e. The van der Waals surface area contributed by atoms with E-state index in [9.17, 15) is 0 Å². The largest absolute Gasteiger partial charge is 0.330 e. The molecule has 2 aromatic heterocycles. The van der Waals surface area contributed by atoms with Crippen molar-refractivity contribution in [1.29, 1.82) is 0 Å². The average Bonchev–Trinajstić information content (AvgIpc) is 2.56. The first kappa shape index (κ1) is 11.2. The van der Waals surface area contributed by atoms with Crippen molar-refractivity contribution in [2.45, 2.75) is 46.1 Å². The fraction of sp³-hybridized carbons (Fsp3) is 0.500. The average molecular weight is 216 g/mol. The summed E-state index contributed by atoms with van der Waals surface area (Å²) in [5, 5.41) is 1.28. The van der Waals surface area contributed by atoms with Crippen molar-refractivity contribution in [3.8, 4) is 0 Å². The Morgan fingerprint density at radius 1 is 1.25 bits per heavy atom. The monoisotopic (exact) mass is 216 g/mol. The topological polar surface area (TPSA) is 17.8 Å². The second-order valence-corrected chi connectivity index (χ2v) is 5.67. The fourth-order valence-corrected chi connectivity index (χ4v) is 2.07. The highest BCUT2D eigenvalue weighted by atomic mass is 15.0. The molecule has 2 heterocycles. The van der Waals surface area contributed by atoms with Crippen LogP contribution >= 0.6 is 0 Å². The van der Waals surface area contributed by atoms with Crippen LogP contribution in [0.5, 0.6) is 0 Å². The van der Waals surface area contributed by atoms with E-state index in [2.05, 4.69) is 56.4 Å². The van der Waals surface area contributed by atoms with Gasteiger partial charge in [-0.3, -0.25) is 0 Å². The van der Waals surface area contributed by atoms with Crippen LogP contribution in [0.3, 0.4) is 0 Å². The Labute approximate surface area is 97.3 Å². The Kier molecular flexibility index (Phi) is 2.53. The zero-order valence-electron chi connectivity index (χ0n) is 10.8. The highest BCUT2D eigenvalue weighted by molar-refractivity contribution is 5.81. The summed E-state index contributed by atoms with van der Waals surface area (Å²) in [4.78, 5) is 4.50. The van der Waals surface area contributed by atoms with Gasteiger partial charge in [-0.2, -0.15) is 0 Å². The van der Waals surface area contributed by atoms with Gasteiger partial charge in [0.05, 0.1) is 0 Å². The standard InChI is InChI=1S/C14H20N2/c1-10(2)16-9-12(14(3,4)5)11-7-6-8-15-13(11)16/h6-10H,1-5H3. The van der Waals surface area contributed by atoms with Gasteiger partial charge in [0.2, 0.25) is 0 Å². The predicted octanol–water partition coefficient (Wildman–Crippen LogP) is 3.91. The molecule has 0 unspecified atom stereocenters. The molecule has 2 aromatic rings. The van der Waals surface area contributed by atoms with Crippen LogP contribution in [0, 0.1) is 0 Å². The van der Waals surface area contributed by atoms with E-state index in [0.29, 0.717) is 6.04 Å². The lowest BCUT2D eigenvalue weighted by atomic mass is 9.87. The van der Waals surface area contributed by atoms with Crippen LogP contribution < -0.4 is 0 Å². The molecule has 0 N–H and O–H groups in total.